The summed E-state index contributed by atoms with van der Waals surface area (Å²) in [7, 11) is 0. The van der Waals surface area contributed by atoms with Crippen LogP contribution in [0.15, 0.2) is 60.7 Å². The van der Waals surface area contributed by atoms with Gasteiger partial charge in [0, 0.05) is 17.7 Å². The van der Waals surface area contributed by atoms with E-state index in [1.54, 1.807) is 12.1 Å². The Bertz CT molecular complexity index is 1340. The van der Waals surface area contributed by atoms with Crippen LogP contribution in [0.5, 0.6) is 0 Å². The van der Waals surface area contributed by atoms with E-state index in [-0.39, 0.29) is 33.7 Å². The van der Waals surface area contributed by atoms with E-state index >= 15 is 0 Å². The van der Waals surface area contributed by atoms with Crippen molar-refractivity contribution in [2.24, 2.45) is 35.5 Å². The van der Waals surface area contributed by atoms with Gasteiger partial charge >= 0.3 is 0 Å². The standard InChI is InChI=1S/C26H20ClN3O6/c27-20-4-2-1-3-17(20)24(32)28(12-21(31)13-5-7-14(8-6-13)30(35)36)29-25(33)22-15-9-10-16(19-11-18(15)19)23(22)26(29)34/h1-10,15-16,18-19,22-23H,11-12H2/t15-,16-,18-,19-,22+,23+/m0/s1. The summed E-state index contributed by atoms with van der Waals surface area (Å²) in [5.74, 6) is -2.72. The lowest BCUT2D eigenvalue weighted by molar-refractivity contribution is -0.384. The van der Waals surface area contributed by atoms with Crippen molar-refractivity contribution in [2.75, 3.05) is 6.54 Å². The Balaban J connectivity index is 1.36. The van der Waals surface area contributed by atoms with E-state index in [0.29, 0.717) is 11.8 Å². The Kier molecular flexibility index (Phi) is 5.08. The Labute approximate surface area is 210 Å². The Hall–Kier alpha value is -3.85. The van der Waals surface area contributed by atoms with Crippen molar-refractivity contribution in [3.63, 3.8) is 0 Å². The number of imide groups is 1. The number of Topliss-reactive ketones (excluding diaryl/α,β-unsaturated/α-hetero) is 1. The molecule has 0 unspecified atom stereocenters. The van der Waals surface area contributed by atoms with E-state index in [4.69, 9.17) is 11.6 Å². The van der Waals surface area contributed by atoms with Crippen LogP contribution in [0.4, 0.5) is 5.69 Å². The van der Waals surface area contributed by atoms with Crippen LogP contribution in [0.1, 0.15) is 27.1 Å². The summed E-state index contributed by atoms with van der Waals surface area (Å²) in [5.41, 5.74) is -0.0294. The van der Waals surface area contributed by atoms with Gasteiger partial charge in [-0.3, -0.25) is 29.3 Å². The highest BCUT2D eigenvalue weighted by Gasteiger charge is 2.68. The van der Waals surface area contributed by atoms with E-state index in [0.717, 1.165) is 16.4 Å². The molecule has 2 bridgehead atoms. The second kappa shape index (κ2) is 8.09. The molecule has 9 nitrogen and oxygen atoms in total. The third kappa shape index (κ3) is 3.30. The molecule has 0 N–H and O–H groups in total. The lowest BCUT2D eigenvalue weighted by atomic mass is 9.63. The van der Waals surface area contributed by atoms with Crippen LogP contribution in [0.25, 0.3) is 0 Å². The number of non-ortho nitro benzene ring substituents is 1. The topological polar surface area (TPSA) is 118 Å². The maximum atomic E-state index is 13.7. The molecule has 1 saturated heterocycles. The highest BCUT2D eigenvalue weighted by atomic mass is 35.5. The van der Waals surface area contributed by atoms with Crippen molar-refractivity contribution >= 4 is 40.8 Å². The van der Waals surface area contributed by atoms with Crippen molar-refractivity contribution in [3.8, 4) is 0 Å². The molecule has 1 aliphatic heterocycles. The number of nitro benzene ring substituents is 1. The third-order valence-electron chi connectivity index (χ3n) is 7.91. The first kappa shape index (κ1) is 22.6. The van der Waals surface area contributed by atoms with Gasteiger partial charge in [-0.15, -0.1) is 0 Å². The Morgan fingerprint density at radius 2 is 1.56 bits per heavy atom. The summed E-state index contributed by atoms with van der Waals surface area (Å²) in [6.07, 6.45) is 5.05. The molecule has 6 atom stereocenters. The number of nitro groups is 1. The number of hydrogen-bond acceptors (Lipinski definition) is 6. The average molecular weight is 506 g/mol. The number of nitrogens with zero attached hydrogens (tertiary/aromatic N) is 3. The monoisotopic (exact) mass is 505 g/mol. The summed E-state index contributed by atoms with van der Waals surface area (Å²) in [5, 5.41) is 12.8. The molecule has 2 aromatic carbocycles. The number of benzene rings is 2. The SMILES string of the molecule is O=C(CN(C(=O)c1ccccc1Cl)N1C(=O)[C@@H]2[C@H]3C=C[C@@H]([C@@H]4C[C@@H]34)[C@H]2C1=O)c1ccc([N+](=O)[O-])cc1. The fourth-order valence-electron chi connectivity index (χ4n) is 6.18. The van der Waals surface area contributed by atoms with Gasteiger partial charge < -0.3 is 0 Å². The second-order valence-corrected chi connectivity index (χ2v) is 10.1. The fourth-order valence-corrected chi connectivity index (χ4v) is 6.40. The zero-order valence-corrected chi connectivity index (χ0v) is 19.6. The first-order valence-electron chi connectivity index (χ1n) is 11.7. The normalized spacial score (nSPS) is 29.1. The molecule has 2 aromatic rings. The van der Waals surface area contributed by atoms with E-state index in [9.17, 15) is 29.3 Å². The minimum atomic E-state index is -0.748. The predicted octanol–water partition coefficient (Wildman–Crippen LogP) is 3.54. The summed E-state index contributed by atoms with van der Waals surface area (Å²) in [6.45, 7) is -0.603. The van der Waals surface area contributed by atoms with Crippen molar-refractivity contribution in [2.45, 2.75) is 6.42 Å². The lowest BCUT2D eigenvalue weighted by Gasteiger charge is -2.37. The number of rotatable bonds is 6. The number of carbonyl (C=O) groups is 4. The number of carbonyl (C=O) groups excluding carboxylic acids is 4. The minimum Gasteiger partial charge on any atom is -0.292 e. The van der Waals surface area contributed by atoms with Crippen LogP contribution >= 0.6 is 11.6 Å². The maximum absolute atomic E-state index is 13.7. The average Bonchev–Trinajstić information content (AvgIpc) is 3.66. The summed E-state index contributed by atoms with van der Waals surface area (Å²) >= 11 is 6.25. The Morgan fingerprint density at radius 3 is 2.11 bits per heavy atom. The first-order chi connectivity index (χ1) is 17.3. The van der Waals surface area contributed by atoms with Crippen LogP contribution in [0.3, 0.4) is 0 Å². The molecule has 0 spiro atoms. The molecule has 4 aliphatic carbocycles. The van der Waals surface area contributed by atoms with Gasteiger partial charge in [0.2, 0.25) is 0 Å². The number of hydrogen-bond donors (Lipinski definition) is 0. The lowest BCUT2D eigenvalue weighted by Crippen LogP contribution is -2.52. The Morgan fingerprint density at radius 1 is 0.972 bits per heavy atom. The van der Waals surface area contributed by atoms with E-state index in [1.807, 2.05) is 12.2 Å². The fraction of sp³-hybridized carbons (Fsp3) is 0.308. The third-order valence-corrected chi connectivity index (χ3v) is 8.24. The van der Waals surface area contributed by atoms with Gasteiger partial charge in [0.25, 0.3) is 23.4 Å². The van der Waals surface area contributed by atoms with Crippen molar-refractivity contribution in [3.05, 3.63) is 86.9 Å². The molecular weight excluding hydrogens is 486 g/mol. The molecule has 182 valence electrons. The first-order valence-corrected chi connectivity index (χ1v) is 12.1. The van der Waals surface area contributed by atoms with E-state index in [1.165, 1.54) is 36.4 Å². The van der Waals surface area contributed by atoms with Gasteiger partial charge in [0.15, 0.2) is 5.78 Å². The summed E-state index contributed by atoms with van der Waals surface area (Å²) in [4.78, 5) is 64.5. The molecule has 36 heavy (non-hydrogen) atoms. The number of halogens is 1. The highest BCUT2D eigenvalue weighted by molar-refractivity contribution is 6.34. The zero-order valence-electron chi connectivity index (χ0n) is 18.8. The molecule has 2 saturated carbocycles. The summed E-state index contributed by atoms with van der Waals surface area (Å²) in [6, 6.07) is 11.1. The quantitative estimate of drug-likeness (QED) is 0.195. The van der Waals surface area contributed by atoms with Crippen LogP contribution in [-0.4, -0.2) is 45.0 Å². The molecule has 7 rings (SSSR count). The van der Waals surface area contributed by atoms with Crippen molar-refractivity contribution in [1.29, 1.82) is 0 Å². The molecule has 10 heteroatoms. The molecule has 1 heterocycles. The van der Waals surface area contributed by atoms with Gasteiger partial charge in [0.1, 0.15) is 6.54 Å². The van der Waals surface area contributed by atoms with Crippen molar-refractivity contribution < 1.29 is 24.1 Å². The highest BCUT2D eigenvalue weighted by Crippen LogP contribution is 2.65. The van der Waals surface area contributed by atoms with Gasteiger partial charge in [-0.25, -0.2) is 5.01 Å². The van der Waals surface area contributed by atoms with Crippen LogP contribution in [0, 0.1) is 45.6 Å². The number of amides is 3. The molecule has 0 radical (unpaired) electrons. The van der Waals surface area contributed by atoms with Gasteiger partial charge in [-0.05, 0) is 54.4 Å². The molecular formula is C26H20ClN3O6. The molecule has 3 fully saturated rings. The van der Waals surface area contributed by atoms with Gasteiger partial charge in [-0.1, -0.05) is 35.9 Å². The van der Waals surface area contributed by atoms with Crippen LogP contribution < -0.4 is 0 Å². The number of ketones is 1. The van der Waals surface area contributed by atoms with Crippen molar-refractivity contribution in [1.82, 2.24) is 10.0 Å². The van der Waals surface area contributed by atoms with Crippen LogP contribution in [-0.2, 0) is 9.59 Å². The molecule has 5 aliphatic rings. The van der Waals surface area contributed by atoms with Gasteiger partial charge in [-0.2, -0.15) is 5.01 Å². The van der Waals surface area contributed by atoms with Gasteiger partial charge in [0.05, 0.1) is 27.3 Å². The van der Waals surface area contributed by atoms with Crippen LogP contribution in [0.2, 0.25) is 5.02 Å². The largest absolute Gasteiger partial charge is 0.292 e. The zero-order chi connectivity index (χ0) is 25.3. The number of allylic oxidation sites excluding steroid dienone is 2. The smallest absolute Gasteiger partial charge is 0.274 e. The molecule has 3 amide bonds. The van der Waals surface area contributed by atoms with E-state index < -0.39 is 46.8 Å². The summed E-state index contributed by atoms with van der Waals surface area (Å²) < 4.78 is 0. The maximum Gasteiger partial charge on any atom is 0.274 e. The number of hydrazine groups is 1. The predicted molar refractivity (Wildman–Crippen MR) is 126 cm³/mol. The second-order valence-electron chi connectivity index (χ2n) is 9.71. The minimum absolute atomic E-state index is 0.0471. The molecule has 0 aromatic heterocycles. The van der Waals surface area contributed by atoms with E-state index in [2.05, 4.69) is 0 Å².